The zero-order valence-electron chi connectivity index (χ0n) is 5.33. The number of hydrogen-bond donors (Lipinski definition) is 0. The van der Waals surface area contributed by atoms with Crippen molar-refractivity contribution in [1.29, 1.82) is 0 Å². The van der Waals surface area contributed by atoms with E-state index in [-0.39, 0.29) is 5.12 Å². The van der Waals surface area contributed by atoms with Crippen molar-refractivity contribution in [2.75, 3.05) is 0 Å². The number of fused-ring (bicyclic) bond motifs is 1. The number of rotatable bonds is 0. The lowest BCUT2D eigenvalue weighted by Gasteiger charge is -1.90. The Bertz CT molecular complexity index is 253. The minimum atomic E-state index is 0.265. The quantitative estimate of drug-likeness (QED) is 0.561. The van der Waals surface area contributed by atoms with E-state index in [1.165, 1.54) is 17.3 Å². The fraction of sp³-hybridized carbons (Fsp3) is 0.125. The SMILES string of the molecule is O=C1Cc2ccccc2S1. The van der Waals surface area contributed by atoms with Crippen LogP contribution in [0.3, 0.4) is 0 Å². The van der Waals surface area contributed by atoms with Crippen LogP contribution in [0.2, 0.25) is 0 Å². The van der Waals surface area contributed by atoms with Gasteiger partial charge in [0.05, 0.1) is 0 Å². The highest BCUT2D eigenvalue weighted by molar-refractivity contribution is 8.14. The summed E-state index contributed by atoms with van der Waals surface area (Å²) in [6, 6.07) is 7.93. The van der Waals surface area contributed by atoms with Crippen molar-refractivity contribution in [1.82, 2.24) is 0 Å². The van der Waals surface area contributed by atoms with Gasteiger partial charge in [0.15, 0.2) is 5.12 Å². The third-order valence-corrected chi connectivity index (χ3v) is 2.52. The first-order chi connectivity index (χ1) is 4.86. The Morgan fingerprint density at radius 2 is 2.10 bits per heavy atom. The molecular weight excluding hydrogens is 144 g/mol. The van der Waals surface area contributed by atoms with Gasteiger partial charge in [-0.2, -0.15) is 0 Å². The predicted octanol–water partition coefficient (Wildman–Crippen LogP) is 1.86. The lowest BCUT2D eigenvalue weighted by atomic mass is 10.2. The molecule has 1 aliphatic heterocycles. The number of thioether (sulfide) groups is 1. The van der Waals surface area contributed by atoms with E-state index in [4.69, 9.17) is 0 Å². The fourth-order valence-electron chi connectivity index (χ4n) is 1.06. The topological polar surface area (TPSA) is 17.1 Å². The van der Waals surface area contributed by atoms with Gasteiger partial charge >= 0.3 is 0 Å². The summed E-state index contributed by atoms with van der Waals surface area (Å²) in [5, 5.41) is 0.265. The molecule has 1 nitrogen and oxygen atoms in total. The van der Waals surface area contributed by atoms with Gasteiger partial charge in [0.25, 0.3) is 0 Å². The molecule has 1 aromatic rings. The molecule has 0 aromatic heterocycles. The summed E-state index contributed by atoms with van der Waals surface area (Å²) in [5.41, 5.74) is 1.18. The van der Waals surface area contributed by atoms with Crippen LogP contribution in [0.15, 0.2) is 29.2 Å². The molecule has 1 aliphatic rings. The number of benzene rings is 1. The van der Waals surface area contributed by atoms with Crippen molar-refractivity contribution in [3.63, 3.8) is 0 Å². The second kappa shape index (κ2) is 2.13. The Morgan fingerprint density at radius 1 is 1.30 bits per heavy atom. The van der Waals surface area contributed by atoms with E-state index in [0.29, 0.717) is 6.42 Å². The molecule has 0 radical (unpaired) electrons. The molecule has 0 N–H and O–H groups in total. The molecule has 0 saturated heterocycles. The highest BCUT2D eigenvalue weighted by Crippen LogP contribution is 2.31. The van der Waals surface area contributed by atoms with Gasteiger partial charge in [-0.05, 0) is 11.6 Å². The summed E-state index contributed by atoms with van der Waals surface area (Å²) in [6.45, 7) is 0. The van der Waals surface area contributed by atoms with E-state index in [0.717, 1.165) is 4.90 Å². The highest BCUT2D eigenvalue weighted by Gasteiger charge is 2.17. The molecule has 1 aromatic carbocycles. The maximum atomic E-state index is 10.9. The lowest BCUT2D eigenvalue weighted by Crippen LogP contribution is -1.85. The van der Waals surface area contributed by atoms with Crippen LogP contribution in [0.4, 0.5) is 0 Å². The highest BCUT2D eigenvalue weighted by atomic mass is 32.2. The molecule has 0 unspecified atom stereocenters. The van der Waals surface area contributed by atoms with Crippen LogP contribution in [-0.2, 0) is 11.2 Å². The van der Waals surface area contributed by atoms with E-state index >= 15 is 0 Å². The smallest absolute Gasteiger partial charge is 0.198 e. The van der Waals surface area contributed by atoms with E-state index in [1.807, 2.05) is 24.3 Å². The molecule has 50 valence electrons. The Labute approximate surface area is 63.4 Å². The number of carbonyl (C=O) groups is 1. The molecule has 1 heterocycles. The normalized spacial score (nSPS) is 15.4. The van der Waals surface area contributed by atoms with Crippen LogP contribution in [0.5, 0.6) is 0 Å². The van der Waals surface area contributed by atoms with Crippen LogP contribution in [0.25, 0.3) is 0 Å². The Morgan fingerprint density at radius 3 is 2.90 bits per heavy atom. The van der Waals surface area contributed by atoms with Gasteiger partial charge in [-0.1, -0.05) is 30.0 Å². The van der Waals surface area contributed by atoms with Crippen molar-refractivity contribution in [2.24, 2.45) is 0 Å². The van der Waals surface area contributed by atoms with Crippen molar-refractivity contribution in [3.05, 3.63) is 29.8 Å². The molecule has 2 rings (SSSR count). The van der Waals surface area contributed by atoms with Crippen LogP contribution in [0, 0.1) is 0 Å². The predicted molar refractivity (Wildman–Crippen MR) is 41.0 cm³/mol. The summed E-state index contributed by atoms with van der Waals surface area (Å²) < 4.78 is 0. The maximum absolute atomic E-state index is 10.9. The van der Waals surface area contributed by atoms with Gasteiger partial charge in [0.1, 0.15) is 0 Å². The molecule has 0 bridgehead atoms. The molecular formula is C8H6OS. The molecule has 2 heteroatoms. The average molecular weight is 150 g/mol. The Kier molecular flexibility index (Phi) is 1.27. The summed E-state index contributed by atoms with van der Waals surface area (Å²) in [5.74, 6) is 0. The zero-order valence-corrected chi connectivity index (χ0v) is 6.15. The van der Waals surface area contributed by atoms with Gasteiger partial charge in [0, 0.05) is 11.3 Å². The van der Waals surface area contributed by atoms with Crippen LogP contribution in [0.1, 0.15) is 5.56 Å². The second-order valence-corrected chi connectivity index (χ2v) is 3.36. The monoisotopic (exact) mass is 150 g/mol. The molecule has 0 spiro atoms. The summed E-state index contributed by atoms with van der Waals surface area (Å²) in [6.07, 6.45) is 0.612. The Balaban J connectivity index is 2.51. The third kappa shape index (κ3) is 0.847. The standard InChI is InChI=1S/C8H6OS/c9-8-5-6-3-1-2-4-7(6)10-8/h1-4H,5H2. The van der Waals surface area contributed by atoms with Crippen molar-refractivity contribution in [2.45, 2.75) is 11.3 Å². The van der Waals surface area contributed by atoms with Gasteiger partial charge in [-0.25, -0.2) is 0 Å². The average Bonchev–Trinajstić information content (AvgIpc) is 2.27. The van der Waals surface area contributed by atoms with Gasteiger partial charge in [-0.3, -0.25) is 4.79 Å². The number of carbonyl (C=O) groups excluding carboxylic acids is 1. The second-order valence-electron chi connectivity index (χ2n) is 2.26. The van der Waals surface area contributed by atoms with Gasteiger partial charge in [-0.15, -0.1) is 0 Å². The molecule has 0 saturated carbocycles. The van der Waals surface area contributed by atoms with Crippen LogP contribution >= 0.6 is 11.8 Å². The third-order valence-electron chi connectivity index (χ3n) is 1.53. The summed E-state index contributed by atoms with van der Waals surface area (Å²) in [4.78, 5) is 12.0. The fourth-order valence-corrected chi connectivity index (χ4v) is 1.95. The summed E-state index contributed by atoms with van der Waals surface area (Å²) in [7, 11) is 0. The van der Waals surface area contributed by atoms with Gasteiger partial charge < -0.3 is 0 Å². The van der Waals surface area contributed by atoms with Crippen molar-refractivity contribution in [3.8, 4) is 0 Å². The minimum absolute atomic E-state index is 0.265. The first-order valence-electron chi connectivity index (χ1n) is 3.15. The first kappa shape index (κ1) is 5.98. The minimum Gasteiger partial charge on any atom is -0.286 e. The number of hydrogen-bond acceptors (Lipinski definition) is 2. The van der Waals surface area contributed by atoms with E-state index < -0.39 is 0 Å². The molecule has 10 heavy (non-hydrogen) atoms. The largest absolute Gasteiger partial charge is 0.286 e. The lowest BCUT2D eigenvalue weighted by molar-refractivity contribution is -0.110. The van der Waals surface area contributed by atoms with Crippen LogP contribution in [-0.4, -0.2) is 5.12 Å². The van der Waals surface area contributed by atoms with Crippen LogP contribution < -0.4 is 0 Å². The molecule has 0 amide bonds. The molecule has 0 fully saturated rings. The maximum Gasteiger partial charge on any atom is 0.198 e. The van der Waals surface area contributed by atoms with E-state index in [2.05, 4.69) is 0 Å². The zero-order chi connectivity index (χ0) is 6.97. The molecule has 0 aliphatic carbocycles. The molecule has 0 atom stereocenters. The van der Waals surface area contributed by atoms with E-state index in [9.17, 15) is 4.79 Å². The van der Waals surface area contributed by atoms with Gasteiger partial charge in [0.2, 0.25) is 0 Å². The summed E-state index contributed by atoms with van der Waals surface area (Å²) >= 11 is 1.35. The van der Waals surface area contributed by atoms with Crippen molar-refractivity contribution >= 4 is 16.9 Å². The Hall–Kier alpha value is -0.760. The van der Waals surface area contributed by atoms with Crippen molar-refractivity contribution < 1.29 is 4.79 Å². The van der Waals surface area contributed by atoms with E-state index in [1.54, 1.807) is 0 Å². The first-order valence-corrected chi connectivity index (χ1v) is 3.96.